The van der Waals surface area contributed by atoms with Crippen LogP contribution in [0.3, 0.4) is 0 Å². The minimum Gasteiger partial charge on any atom is -0.486 e. The summed E-state index contributed by atoms with van der Waals surface area (Å²) in [6, 6.07) is 7.46. The average Bonchev–Trinajstić information content (AvgIpc) is 2.88. The lowest BCUT2D eigenvalue weighted by Gasteiger charge is -2.35. The zero-order valence-electron chi connectivity index (χ0n) is 16.0. The number of hydrogen-bond donors (Lipinski definition) is 1. The van der Waals surface area contributed by atoms with E-state index in [-0.39, 0.29) is 12.0 Å². The number of nitrogens with zero attached hydrogens (tertiary/aromatic N) is 2. The maximum absolute atomic E-state index is 13.0. The molecule has 0 radical (unpaired) electrons. The Kier molecular flexibility index (Phi) is 4.48. The molecule has 1 fully saturated rings. The van der Waals surface area contributed by atoms with E-state index in [1.807, 2.05) is 19.9 Å². The molecule has 26 heavy (non-hydrogen) atoms. The summed E-state index contributed by atoms with van der Waals surface area (Å²) in [4.78, 5) is 0. The van der Waals surface area contributed by atoms with Gasteiger partial charge in [0.05, 0.1) is 28.6 Å². The van der Waals surface area contributed by atoms with Gasteiger partial charge in [-0.3, -0.25) is 0 Å². The first-order valence-electron chi connectivity index (χ1n) is 8.93. The van der Waals surface area contributed by atoms with Gasteiger partial charge in [0.1, 0.15) is 11.9 Å². The van der Waals surface area contributed by atoms with Crippen LogP contribution in [-0.2, 0) is 10.0 Å². The molecule has 3 rings (SSSR count). The van der Waals surface area contributed by atoms with Gasteiger partial charge in [0, 0.05) is 24.1 Å². The van der Waals surface area contributed by atoms with Gasteiger partial charge >= 0.3 is 0 Å². The number of ether oxygens (including phenoxy) is 1. The molecule has 1 N–H and O–H groups in total. The molecule has 0 saturated carbocycles. The molecule has 2 aliphatic rings. The second-order valence-corrected chi connectivity index (χ2v) is 11.4. The average molecular weight is 378 g/mol. The summed E-state index contributed by atoms with van der Waals surface area (Å²) in [7, 11) is -3.41. The third-order valence-corrected chi connectivity index (χ3v) is 8.08. The number of hydrogen-bond acceptors (Lipinski definition) is 5. The summed E-state index contributed by atoms with van der Waals surface area (Å²) in [6.45, 7) is 10.3. The summed E-state index contributed by atoms with van der Waals surface area (Å²) in [5.41, 5.74) is 0.973. The number of nitriles is 1. The molecular formula is C19H27N3O3S. The molecule has 0 aliphatic carbocycles. The first-order chi connectivity index (χ1) is 12.0. The quantitative estimate of drug-likeness (QED) is 0.857. The predicted octanol–water partition coefficient (Wildman–Crippen LogP) is 2.96. The molecule has 0 aromatic heterocycles. The number of fused-ring (bicyclic) bond motifs is 1. The molecule has 0 spiro atoms. The molecule has 1 aromatic rings. The summed E-state index contributed by atoms with van der Waals surface area (Å²) < 4.78 is 33.0. The minimum absolute atomic E-state index is 0.0912. The van der Waals surface area contributed by atoms with E-state index in [4.69, 9.17) is 10.00 Å². The largest absolute Gasteiger partial charge is 0.486 e. The number of anilines is 1. The van der Waals surface area contributed by atoms with E-state index >= 15 is 0 Å². The monoisotopic (exact) mass is 377 g/mol. The smallest absolute Gasteiger partial charge is 0.219 e. The van der Waals surface area contributed by atoms with Crippen molar-refractivity contribution in [3.05, 3.63) is 23.8 Å². The highest BCUT2D eigenvalue weighted by atomic mass is 32.2. The fraction of sp³-hybridized carbons (Fsp3) is 0.632. The molecule has 1 saturated heterocycles. The summed E-state index contributed by atoms with van der Waals surface area (Å²) in [6.07, 6.45) is 0.609. The zero-order valence-corrected chi connectivity index (χ0v) is 16.9. The zero-order chi connectivity index (χ0) is 19.3. The minimum atomic E-state index is -3.41. The van der Waals surface area contributed by atoms with E-state index in [9.17, 15) is 8.42 Å². The van der Waals surface area contributed by atoms with Gasteiger partial charge < -0.3 is 10.1 Å². The third kappa shape index (κ3) is 3.17. The van der Waals surface area contributed by atoms with Gasteiger partial charge in [0.25, 0.3) is 0 Å². The van der Waals surface area contributed by atoms with Crippen molar-refractivity contribution in [3.8, 4) is 11.8 Å². The van der Waals surface area contributed by atoms with Crippen LogP contribution in [0.2, 0.25) is 0 Å². The van der Waals surface area contributed by atoms with Crippen LogP contribution in [0.4, 0.5) is 5.69 Å². The Morgan fingerprint density at radius 2 is 2.04 bits per heavy atom. The lowest BCUT2D eigenvalue weighted by molar-refractivity contribution is 0.143. The van der Waals surface area contributed by atoms with Gasteiger partial charge in [0.2, 0.25) is 10.0 Å². The van der Waals surface area contributed by atoms with Gasteiger partial charge in [-0.25, -0.2) is 8.42 Å². The topological polar surface area (TPSA) is 82.4 Å². The number of rotatable bonds is 2. The highest BCUT2D eigenvalue weighted by Gasteiger charge is 2.51. The van der Waals surface area contributed by atoms with Crippen molar-refractivity contribution in [2.75, 3.05) is 18.4 Å². The van der Waals surface area contributed by atoms with Crippen molar-refractivity contribution in [2.24, 2.45) is 5.92 Å². The molecule has 2 unspecified atom stereocenters. The maximum Gasteiger partial charge on any atom is 0.219 e. The normalized spacial score (nSPS) is 25.7. The second-order valence-electron chi connectivity index (χ2n) is 8.79. The lowest BCUT2D eigenvalue weighted by Crippen LogP contribution is -2.50. The van der Waals surface area contributed by atoms with Crippen molar-refractivity contribution in [1.82, 2.24) is 4.31 Å². The molecule has 0 amide bonds. The summed E-state index contributed by atoms with van der Waals surface area (Å²) in [5, 5.41) is 12.4. The lowest BCUT2D eigenvalue weighted by atomic mass is 9.92. The van der Waals surface area contributed by atoms with Crippen LogP contribution >= 0.6 is 0 Å². The Morgan fingerprint density at radius 3 is 2.65 bits per heavy atom. The molecular weight excluding hydrogens is 350 g/mol. The Hall–Kier alpha value is -1.78. The van der Waals surface area contributed by atoms with E-state index in [1.54, 1.807) is 37.2 Å². The van der Waals surface area contributed by atoms with Crippen LogP contribution in [0, 0.1) is 17.2 Å². The summed E-state index contributed by atoms with van der Waals surface area (Å²) >= 11 is 0. The number of sulfonamides is 1. The van der Waals surface area contributed by atoms with Crippen LogP contribution in [0.5, 0.6) is 5.75 Å². The van der Waals surface area contributed by atoms with Crippen LogP contribution < -0.4 is 10.1 Å². The van der Waals surface area contributed by atoms with E-state index < -0.39 is 20.3 Å². The number of nitrogens with one attached hydrogen (secondary N) is 1. The molecule has 0 bridgehead atoms. The van der Waals surface area contributed by atoms with E-state index in [1.165, 1.54) is 0 Å². The summed E-state index contributed by atoms with van der Waals surface area (Å²) in [5.74, 6) is 0.753. The van der Waals surface area contributed by atoms with Crippen molar-refractivity contribution < 1.29 is 13.2 Å². The van der Waals surface area contributed by atoms with Crippen molar-refractivity contribution in [1.29, 1.82) is 5.26 Å². The van der Waals surface area contributed by atoms with Gasteiger partial charge in [-0.1, -0.05) is 0 Å². The number of benzene rings is 1. The van der Waals surface area contributed by atoms with Gasteiger partial charge in [-0.2, -0.15) is 9.57 Å². The molecule has 6 nitrogen and oxygen atoms in total. The van der Waals surface area contributed by atoms with Crippen LogP contribution in [0.15, 0.2) is 18.2 Å². The maximum atomic E-state index is 13.0. The predicted molar refractivity (Wildman–Crippen MR) is 102 cm³/mol. The highest BCUT2D eigenvalue weighted by molar-refractivity contribution is 7.90. The van der Waals surface area contributed by atoms with Gasteiger partial charge in [-0.05, 0) is 53.2 Å². The fourth-order valence-corrected chi connectivity index (χ4v) is 5.56. The first kappa shape index (κ1) is 19.0. The highest BCUT2D eigenvalue weighted by Crippen LogP contribution is 2.42. The van der Waals surface area contributed by atoms with Crippen LogP contribution in [-0.4, -0.2) is 42.2 Å². The fourth-order valence-electron chi connectivity index (χ4n) is 3.78. The van der Waals surface area contributed by atoms with E-state index in [2.05, 4.69) is 11.4 Å². The Balaban J connectivity index is 1.83. The Morgan fingerprint density at radius 1 is 1.35 bits per heavy atom. The third-order valence-electron chi connectivity index (χ3n) is 5.31. The van der Waals surface area contributed by atoms with Crippen molar-refractivity contribution >= 4 is 15.7 Å². The second kappa shape index (κ2) is 6.14. The molecule has 2 atom stereocenters. The Bertz CT molecular complexity index is 850. The van der Waals surface area contributed by atoms with E-state index in [0.29, 0.717) is 24.4 Å². The van der Waals surface area contributed by atoms with Gasteiger partial charge in [0.15, 0.2) is 0 Å². The van der Waals surface area contributed by atoms with Crippen LogP contribution in [0.1, 0.15) is 46.6 Å². The SMILES string of the molecule is CC1(C)CC(C2CNc3ccc(C#N)cc3O2)CN1S(=O)(=O)C(C)(C)C. The van der Waals surface area contributed by atoms with Crippen molar-refractivity contribution in [3.63, 3.8) is 0 Å². The van der Waals surface area contributed by atoms with Crippen LogP contribution in [0.25, 0.3) is 0 Å². The molecule has 7 heteroatoms. The first-order valence-corrected chi connectivity index (χ1v) is 10.4. The van der Waals surface area contributed by atoms with Gasteiger partial charge in [-0.15, -0.1) is 0 Å². The molecule has 2 heterocycles. The van der Waals surface area contributed by atoms with E-state index in [0.717, 1.165) is 12.1 Å². The standard InChI is InChI=1S/C19H27N3O3S/c1-18(2,3)26(23,24)22-12-14(9-19(22,4)5)17-11-21-15-7-6-13(10-20)8-16(15)25-17/h6-8,14,17,21H,9,11-12H2,1-5H3. The molecule has 2 aliphatic heterocycles. The molecule has 1 aromatic carbocycles. The molecule has 142 valence electrons. The Labute approximate surface area is 156 Å². The van der Waals surface area contributed by atoms with Crippen molar-refractivity contribution in [2.45, 2.75) is 57.4 Å².